The first-order valence-electron chi connectivity index (χ1n) is 8.63. The van der Waals surface area contributed by atoms with Crippen molar-refractivity contribution in [2.24, 2.45) is 0 Å². The average Bonchev–Trinajstić information content (AvgIpc) is 2.65. The molecule has 9 nitrogen and oxygen atoms in total. The van der Waals surface area contributed by atoms with Gasteiger partial charge in [-0.25, -0.2) is 9.59 Å². The summed E-state index contributed by atoms with van der Waals surface area (Å²) in [7, 11) is 0. The lowest BCUT2D eigenvalue weighted by molar-refractivity contribution is -0.384. The van der Waals surface area contributed by atoms with Gasteiger partial charge in [-0.1, -0.05) is 19.3 Å². The Balaban J connectivity index is 1.70. The maximum absolute atomic E-state index is 11.7. The highest BCUT2D eigenvalue weighted by Gasteiger charge is 2.17. The van der Waals surface area contributed by atoms with Crippen LogP contribution in [0.2, 0.25) is 0 Å². The van der Waals surface area contributed by atoms with Crippen molar-refractivity contribution in [1.82, 2.24) is 10.6 Å². The molecule has 0 aliphatic heterocycles. The SMILES string of the molecule is O=C(COC(=O)/C=C/c1ccc([N+](=O)[O-])cc1)NC(=O)NC1CCCCC1. The number of nitrogens with one attached hydrogen (secondary N) is 2. The summed E-state index contributed by atoms with van der Waals surface area (Å²) < 4.78 is 4.75. The second kappa shape index (κ2) is 10.0. The highest BCUT2D eigenvalue weighted by molar-refractivity contribution is 5.96. The minimum atomic E-state index is -0.767. The molecule has 1 fully saturated rings. The van der Waals surface area contributed by atoms with E-state index in [0.29, 0.717) is 5.56 Å². The van der Waals surface area contributed by atoms with Crippen LogP contribution in [0.4, 0.5) is 10.5 Å². The molecule has 0 saturated heterocycles. The fourth-order valence-electron chi connectivity index (χ4n) is 2.69. The Labute approximate surface area is 155 Å². The van der Waals surface area contributed by atoms with E-state index in [9.17, 15) is 24.5 Å². The number of hydrogen-bond donors (Lipinski definition) is 2. The van der Waals surface area contributed by atoms with Crippen molar-refractivity contribution in [1.29, 1.82) is 0 Å². The van der Waals surface area contributed by atoms with Crippen molar-refractivity contribution in [2.45, 2.75) is 38.1 Å². The smallest absolute Gasteiger partial charge is 0.331 e. The maximum Gasteiger partial charge on any atom is 0.331 e. The van der Waals surface area contributed by atoms with Gasteiger partial charge in [0.15, 0.2) is 6.61 Å². The number of ether oxygens (including phenoxy) is 1. The number of non-ortho nitro benzene ring substituents is 1. The largest absolute Gasteiger partial charge is 0.452 e. The Morgan fingerprint density at radius 1 is 1.15 bits per heavy atom. The van der Waals surface area contributed by atoms with E-state index >= 15 is 0 Å². The number of hydrogen-bond acceptors (Lipinski definition) is 6. The van der Waals surface area contributed by atoms with Crippen LogP contribution in [0.25, 0.3) is 6.08 Å². The van der Waals surface area contributed by atoms with E-state index in [4.69, 9.17) is 4.74 Å². The van der Waals surface area contributed by atoms with Crippen molar-refractivity contribution in [3.63, 3.8) is 0 Å². The third-order valence-electron chi connectivity index (χ3n) is 4.05. The molecule has 144 valence electrons. The summed E-state index contributed by atoms with van der Waals surface area (Å²) in [5.41, 5.74) is 0.506. The quantitative estimate of drug-likeness (QED) is 0.340. The van der Waals surface area contributed by atoms with Crippen molar-refractivity contribution in [3.05, 3.63) is 46.0 Å². The molecule has 1 aliphatic rings. The van der Waals surface area contributed by atoms with Crippen LogP contribution in [-0.4, -0.2) is 35.5 Å². The minimum Gasteiger partial charge on any atom is -0.452 e. The van der Waals surface area contributed by atoms with Gasteiger partial charge < -0.3 is 10.1 Å². The highest BCUT2D eigenvalue weighted by atomic mass is 16.6. The molecule has 0 unspecified atom stereocenters. The van der Waals surface area contributed by atoms with Crippen LogP contribution >= 0.6 is 0 Å². The van der Waals surface area contributed by atoms with E-state index in [2.05, 4.69) is 10.6 Å². The van der Waals surface area contributed by atoms with Gasteiger partial charge in [-0.2, -0.15) is 0 Å². The van der Waals surface area contributed by atoms with Gasteiger partial charge in [0, 0.05) is 24.3 Å². The Hall–Kier alpha value is -3.23. The van der Waals surface area contributed by atoms with Gasteiger partial charge in [-0.05, 0) is 36.6 Å². The fraction of sp³-hybridized carbons (Fsp3) is 0.389. The van der Waals surface area contributed by atoms with Gasteiger partial charge >= 0.3 is 12.0 Å². The van der Waals surface area contributed by atoms with Crippen LogP contribution < -0.4 is 10.6 Å². The molecule has 1 aliphatic carbocycles. The number of urea groups is 1. The first-order chi connectivity index (χ1) is 12.9. The van der Waals surface area contributed by atoms with E-state index in [1.54, 1.807) is 0 Å². The Morgan fingerprint density at radius 2 is 1.81 bits per heavy atom. The predicted molar refractivity (Wildman–Crippen MR) is 96.6 cm³/mol. The molecule has 0 atom stereocenters. The zero-order chi connectivity index (χ0) is 19.6. The standard InChI is InChI=1S/C18H21N3O6/c22-16(20-18(24)19-14-4-2-1-3-5-14)12-27-17(23)11-8-13-6-9-15(10-7-13)21(25)26/h6-11,14H,1-5,12H2,(H2,19,20,22,24)/b11-8+. The molecule has 2 rings (SSSR count). The molecular formula is C18H21N3O6. The number of imide groups is 1. The van der Waals surface area contributed by atoms with Gasteiger partial charge in [0.2, 0.25) is 0 Å². The van der Waals surface area contributed by atoms with Crippen LogP contribution in [0, 0.1) is 10.1 Å². The lowest BCUT2D eigenvalue weighted by Crippen LogP contribution is -2.46. The van der Waals surface area contributed by atoms with Gasteiger partial charge in [0.05, 0.1) is 4.92 Å². The first kappa shape index (κ1) is 20.1. The number of esters is 1. The third kappa shape index (κ3) is 7.27. The molecule has 27 heavy (non-hydrogen) atoms. The normalized spacial score (nSPS) is 14.5. The number of carbonyl (C=O) groups is 3. The molecule has 2 N–H and O–H groups in total. The molecule has 1 saturated carbocycles. The number of nitro groups is 1. The number of nitrogens with zero attached hydrogens (tertiary/aromatic N) is 1. The summed E-state index contributed by atoms with van der Waals surface area (Å²) in [6.45, 7) is -0.582. The summed E-state index contributed by atoms with van der Waals surface area (Å²) in [4.78, 5) is 45.0. The van der Waals surface area contributed by atoms with Crippen molar-refractivity contribution in [3.8, 4) is 0 Å². The number of benzene rings is 1. The van der Waals surface area contributed by atoms with Crippen molar-refractivity contribution in [2.75, 3.05) is 6.61 Å². The zero-order valence-corrected chi connectivity index (χ0v) is 14.7. The van der Waals surface area contributed by atoms with Gasteiger partial charge in [0.1, 0.15) is 0 Å². The average molecular weight is 375 g/mol. The van der Waals surface area contributed by atoms with E-state index in [1.165, 1.54) is 30.3 Å². The lowest BCUT2D eigenvalue weighted by atomic mass is 9.96. The lowest BCUT2D eigenvalue weighted by Gasteiger charge is -2.22. The van der Waals surface area contributed by atoms with Gasteiger partial charge in [-0.15, -0.1) is 0 Å². The Kier molecular flexibility index (Phi) is 7.48. The van der Waals surface area contributed by atoms with E-state index < -0.39 is 29.4 Å². The number of nitro benzene ring substituents is 1. The number of carbonyl (C=O) groups excluding carboxylic acids is 3. The summed E-state index contributed by atoms with van der Waals surface area (Å²) >= 11 is 0. The van der Waals surface area contributed by atoms with Crippen LogP contribution in [0.5, 0.6) is 0 Å². The molecule has 3 amide bonds. The predicted octanol–water partition coefficient (Wildman–Crippen LogP) is 2.31. The van der Waals surface area contributed by atoms with Crippen molar-refractivity contribution >= 4 is 29.7 Å². The number of amides is 3. The maximum atomic E-state index is 11.7. The molecule has 1 aromatic carbocycles. The second-order valence-electron chi connectivity index (χ2n) is 6.15. The van der Waals surface area contributed by atoms with Gasteiger partial charge in [0.25, 0.3) is 11.6 Å². The topological polar surface area (TPSA) is 128 Å². The molecule has 9 heteroatoms. The van der Waals surface area contributed by atoms with E-state index in [-0.39, 0.29) is 11.7 Å². The van der Waals surface area contributed by atoms with Gasteiger partial charge in [-0.3, -0.25) is 20.2 Å². The molecule has 0 spiro atoms. The summed E-state index contributed by atoms with van der Waals surface area (Å²) in [6, 6.07) is 5.05. The summed E-state index contributed by atoms with van der Waals surface area (Å²) in [5, 5.41) is 15.4. The second-order valence-corrected chi connectivity index (χ2v) is 6.15. The monoisotopic (exact) mass is 375 g/mol. The molecule has 0 radical (unpaired) electrons. The Bertz CT molecular complexity index is 723. The molecule has 0 heterocycles. The highest BCUT2D eigenvalue weighted by Crippen LogP contribution is 2.17. The molecule has 0 bridgehead atoms. The van der Waals surface area contributed by atoms with Crippen LogP contribution in [0.1, 0.15) is 37.7 Å². The summed E-state index contributed by atoms with van der Waals surface area (Å²) in [5.74, 6) is -1.49. The van der Waals surface area contributed by atoms with Crippen LogP contribution in [0.15, 0.2) is 30.3 Å². The summed E-state index contributed by atoms with van der Waals surface area (Å²) in [6.07, 6.45) is 7.54. The molecule has 0 aromatic heterocycles. The third-order valence-corrected chi connectivity index (χ3v) is 4.05. The van der Waals surface area contributed by atoms with E-state index in [0.717, 1.165) is 38.2 Å². The fourth-order valence-corrected chi connectivity index (χ4v) is 2.69. The molecule has 1 aromatic rings. The zero-order valence-electron chi connectivity index (χ0n) is 14.7. The van der Waals surface area contributed by atoms with Crippen molar-refractivity contribution < 1.29 is 24.0 Å². The Morgan fingerprint density at radius 3 is 2.44 bits per heavy atom. The minimum absolute atomic E-state index is 0.0575. The van der Waals surface area contributed by atoms with Crippen LogP contribution in [0.3, 0.4) is 0 Å². The molecular weight excluding hydrogens is 354 g/mol. The van der Waals surface area contributed by atoms with E-state index in [1.807, 2.05) is 0 Å². The van der Waals surface area contributed by atoms with Crippen LogP contribution in [-0.2, 0) is 14.3 Å². The number of rotatable bonds is 6. The first-order valence-corrected chi connectivity index (χ1v) is 8.63.